The van der Waals surface area contributed by atoms with Gasteiger partial charge in [-0.25, -0.2) is 12.8 Å². The van der Waals surface area contributed by atoms with Crippen LogP contribution in [0.15, 0.2) is 53.4 Å². The minimum Gasteiger partial charge on any atom is -0.330 e. The van der Waals surface area contributed by atoms with Crippen molar-refractivity contribution in [3.8, 4) is 11.1 Å². The summed E-state index contributed by atoms with van der Waals surface area (Å²) in [5.74, 6) is -0.600. The molecule has 0 aliphatic rings. The number of hydrogen-bond donors (Lipinski definition) is 1. The second kappa shape index (κ2) is 6.30. The second-order valence-corrected chi connectivity index (χ2v) is 7.53. The number of fused-ring (bicyclic) bond motifs is 1. The van der Waals surface area contributed by atoms with Gasteiger partial charge in [0.2, 0.25) is 0 Å². The molecule has 0 radical (unpaired) electrons. The molecule has 24 heavy (non-hydrogen) atoms. The summed E-state index contributed by atoms with van der Waals surface area (Å²) in [5, 5.41) is 0.0274. The van der Waals surface area contributed by atoms with Crippen LogP contribution in [0.25, 0.3) is 22.0 Å². The van der Waals surface area contributed by atoms with Gasteiger partial charge in [-0.2, -0.15) is 0 Å². The first kappa shape index (κ1) is 16.5. The summed E-state index contributed by atoms with van der Waals surface area (Å²) in [6, 6.07) is 13.4. The molecule has 0 fully saturated rings. The van der Waals surface area contributed by atoms with Crippen LogP contribution in [0.1, 0.15) is 5.69 Å². The van der Waals surface area contributed by atoms with Crippen LogP contribution in [-0.4, -0.2) is 26.2 Å². The summed E-state index contributed by atoms with van der Waals surface area (Å²) < 4.78 is 39.5. The predicted octanol–water partition coefficient (Wildman–Crippen LogP) is 2.95. The van der Waals surface area contributed by atoms with Crippen molar-refractivity contribution in [3.05, 3.63) is 60.0 Å². The predicted molar refractivity (Wildman–Crippen MR) is 93.0 cm³/mol. The Hall–Kier alpha value is -2.31. The smallest absolute Gasteiger partial charge is 0.176 e. The van der Waals surface area contributed by atoms with Crippen LogP contribution in [0.3, 0.4) is 0 Å². The van der Waals surface area contributed by atoms with Crippen LogP contribution in [0.2, 0.25) is 0 Å². The van der Waals surface area contributed by atoms with Crippen LogP contribution in [-0.2, 0) is 16.3 Å². The van der Waals surface area contributed by atoms with E-state index in [0.717, 1.165) is 6.26 Å². The molecule has 1 heterocycles. The van der Waals surface area contributed by atoms with Gasteiger partial charge in [0.15, 0.2) is 9.84 Å². The molecule has 0 spiro atoms. The zero-order chi connectivity index (χ0) is 17.3. The van der Waals surface area contributed by atoms with Gasteiger partial charge >= 0.3 is 0 Å². The van der Waals surface area contributed by atoms with E-state index in [1.165, 1.54) is 12.1 Å². The fraction of sp³-hybridized carbons (Fsp3) is 0.167. The first-order valence-corrected chi connectivity index (χ1v) is 9.39. The fourth-order valence-corrected chi connectivity index (χ4v) is 4.06. The van der Waals surface area contributed by atoms with Crippen molar-refractivity contribution in [2.24, 2.45) is 5.73 Å². The van der Waals surface area contributed by atoms with Crippen molar-refractivity contribution in [1.29, 1.82) is 0 Å². The molecule has 0 atom stereocenters. The maximum absolute atomic E-state index is 14.5. The molecular weight excluding hydrogens is 327 g/mol. The summed E-state index contributed by atoms with van der Waals surface area (Å²) >= 11 is 0. The number of sulfone groups is 1. The van der Waals surface area contributed by atoms with Gasteiger partial charge in [0.05, 0.1) is 21.5 Å². The highest BCUT2D eigenvalue weighted by atomic mass is 32.2. The lowest BCUT2D eigenvalue weighted by atomic mass is 9.99. The highest BCUT2D eigenvalue weighted by molar-refractivity contribution is 7.91. The van der Waals surface area contributed by atoms with Crippen molar-refractivity contribution >= 4 is 20.7 Å². The molecule has 0 aliphatic carbocycles. The Morgan fingerprint density at radius 2 is 1.79 bits per heavy atom. The first-order chi connectivity index (χ1) is 11.4. The van der Waals surface area contributed by atoms with Gasteiger partial charge in [0, 0.05) is 18.2 Å². The third kappa shape index (κ3) is 2.90. The van der Waals surface area contributed by atoms with E-state index in [1.54, 1.807) is 30.3 Å². The number of pyridine rings is 1. The zero-order valence-electron chi connectivity index (χ0n) is 13.2. The lowest BCUT2D eigenvalue weighted by Gasteiger charge is -2.16. The lowest BCUT2D eigenvalue weighted by molar-refractivity contribution is 0.600. The SMILES string of the molecule is CS(=O)(=O)c1c(-c2ccccc2)c(CCN)nc2cccc(F)c12. The standard InChI is InChI=1S/C18H17FN2O2S/c1-24(22,23)18-16(12-6-3-2-4-7-12)15(10-11-20)21-14-9-5-8-13(19)17(14)18/h2-9H,10-11,20H2,1H3. The van der Waals surface area contributed by atoms with E-state index in [2.05, 4.69) is 4.98 Å². The quantitative estimate of drug-likeness (QED) is 0.790. The molecule has 2 N–H and O–H groups in total. The van der Waals surface area contributed by atoms with Gasteiger partial charge in [-0.3, -0.25) is 4.98 Å². The molecule has 4 nitrogen and oxygen atoms in total. The Kier molecular flexibility index (Phi) is 4.34. The zero-order valence-corrected chi connectivity index (χ0v) is 14.0. The van der Waals surface area contributed by atoms with E-state index in [0.29, 0.717) is 35.3 Å². The normalized spacial score (nSPS) is 11.8. The average molecular weight is 344 g/mol. The van der Waals surface area contributed by atoms with E-state index in [9.17, 15) is 12.8 Å². The molecule has 0 bridgehead atoms. The molecular formula is C18H17FN2O2S. The Balaban J connectivity index is 2.56. The van der Waals surface area contributed by atoms with Crippen molar-refractivity contribution < 1.29 is 12.8 Å². The van der Waals surface area contributed by atoms with Crippen LogP contribution in [0, 0.1) is 5.82 Å². The van der Waals surface area contributed by atoms with E-state index < -0.39 is 15.7 Å². The maximum atomic E-state index is 14.5. The first-order valence-electron chi connectivity index (χ1n) is 7.50. The maximum Gasteiger partial charge on any atom is 0.176 e. The molecule has 0 aliphatic heterocycles. The number of hydrogen-bond acceptors (Lipinski definition) is 4. The molecule has 3 aromatic rings. The van der Waals surface area contributed by atoms with Gasteiger partial charge in [-0.15, -0.1) is 0 Å². The van der Waals surface area contributed by atoms with Crippen LogP contribution in [0.4, 0.5) is 4.39 Å². The summed E-state index contributed by atoms with van der Waals surface area (Å²) in [6.07, 6.45) is 1.49. The molecule has 6 heteroatoms. The molecule has 0 amide bonds. The number of nitrogens with two attached hydrogens (primary N) is 1. The van der Waals surface area contributed by atoms with Crippen molar-refractivity contribution in [2.45, 2.75) is 11.3 Å². The second-order valence-electron chi connectivity index (χ2n) is 5.57. The fourth-order valence-electron chi connectivity index (χ4n) is 2.88. The number of nitrogens with zero attached hydrogens (tertiary/aromatic N) is 1. The van der Waals surface area contributed by atoms with E-state index in [4.69, 9.17) is 5.73 Å². The molecule has 0 unspecified atom stereocenters. The number of rotatable bonds is 4. The van der Waals surface area contributed by atoms with Gasteiger partial charge in [0.1, 0.15) is 5.82 Å². The van der Waals surface area contributed by atoms with Crippen molar-refractivity contribution in [1.82, 2.24) is 4.98 Å². The topological polar surface area (TPSA) is 73.0 Å². The third-order valence-electron chi connectivity index (χ3n) is 3.80. The molecule has 0 saturated carbocycles. The molecule has 3 rings (SSSR count). The Morgan fingerprint density at radius 1 is 1.08 bits per heavy atom. The van der Waals surface area contributed by atoms with Gasteiger partial charge in [-0.1, -0.05) is 36.4 Å². The minimum atomic E-state index is -3.69. The molecule has 1 aromatic heterocycles. The number of benzene rings is 2. The molecule has 0 saturated heterocycles. The monoisotopic (exact) mass is 344 g/mol. The summed E-state index contributed by atoms with van der Waals surface area (Å²) in [4.78, 5) is 4.46. The van der Waals surface area contributed by atoms with Crippen molar-refractivity contribution in [2.75, 3.05) is 12.8 Å². The lowest BCUT2D eigenvalue weighted by Crippen LogP contribution is -2.11. The van der Waals surface area contributed by atoms with Crippen LogP contribution in [0.5, 0.6) is 0 Å². The van der Waals surface area contributed by atoms with Crippen LogP contribution >= 0.6 is 0 Å². The Labute approximate surface area is 140 Å². The summed E-state index contributed by atoms with van der Waals surface area (Å²) in [6.45, 7) is 0.316. The molecule has 124 valence electrons. The largest absolute Gasteiger partial charge is 0.330 e. The van der Waals surface area contributed by atoms with Gasteiger partial charge in [-0.05, 0) is 24.2 Å². The highest BCUT2D eigenvalue weighted by Crippen LogP contribution is 2.36. The minimum absolute atomic E-state index is 0.0274. The average Bonchev–Trinajstić information content (AvgIpc) is 2.54. The van der Waals surface area contributed by atoms with Crippen molar-refractivity contribution in [3.63, 3.8) is 0 Å². The Bertz CT molecular complexity index is 1000. The summed E-state index contributed by atoms with van der Waals surface area (Å²) in [5.41, 5.74) is 7.66. The van der Waals surface area contributed by atoms with E-state index >= 15 is 0 Å². The van der Waals surface area contributed by atoms with E-state index in [-0.39, 0.29) is 10.3 Å². The number of aromatic nitrogens is 1. The summed E-state index contributed by atoms with van der Waals surface area (Å²) in [7, 11) is -3.69. The van der Waals surface area contributed by atoms with Crippen LogP contribution < -0.4 is 5.73 Å². The highest BCUT2D eigenvalue weighted by Gasteiger charge is 2.25. The van der Waals surface area contributed by atoms with Gasteiger partial charge in [0.25, 0.3) is 0 Å². The Morgan fingerprint density at radius 3 is 2.42 bits per heavy atom. The van der Waals surface area contributed by atoms with E-state index in [1.807, 2.05) is 6.07 Å². The third-order valence-corrected chi connectivity index (χ3v) is 4.95. The number of halogens is 1. The molecule has 2 aromatic carbocycles. The van der Waals surface area contributed by atoms with Gasteiger partial charge < -0.3 is 5.73 Å².